The molecule has 2 aliphatic rings. The lowest BCUT2D eigenvalue weighted by Crippen LogP contribution is -2.35. The molecule has 1 heterocycles. The van der Waals surface area contributed by atoms with E-state index in [1.807, 2.05) is 19.1 Å². The molecule has 0 unspecified atom stereocenters. The lowest BCUT2D eigenvalue weighted by Gasteiger charge is -2.19. The van der Waals surface area contributed by atoms with Crippen LogP contribution in [0.5, 0.6) is 0 Å². The number of hydrogen-bond acceptors (Lipinski definition) is 5. The summed E-state index contributed by atoms with van der Waals surface area (Å²) in [6, 6.07) is 11.4. The number of fused-ring (bicyclic) bond motifs is 1. The molecule has 1 aromatic heterocycles. The Morgan fingerprint density at radius 3 is 2.78 bits per heavy atom. The summed E-state index contributed by atoms with van der Waals surface area (Å²) in [6.07, 6.45) is 2.57. The SMILES string of the molecule is C[C@@H]1C[C@@H](Nc2ccnc(C(=O)N[C@H]3CCc4ccccc43)c2)[C@H](O)[C@@H]1O. The zero-order valence-corrected chi connectivity index (χ0v) is 15.3. The molecule has 1 amide bonds. The van der Waals surface area contributed by atoms with Gasteiger partial charge in [-0.1, -0.05) is 31.2 Å². The van der Waals surface area contributed by atoms with E-state index in [0.717, 1.165) is 12.8 Å². The number of aromatic nitrogens is 1. The Bertz CT molecular complexity index is 841. The quantitative estimate of drug-likeness (QED) is 0.663. The molecule has 6 nitrogen and oxygen atoms in total. The number of rotatable bonds is 4. The van der Waals surface area contributed by atoms with Gasteiger partial charge in [0.05, 0.1) is 18.2 Å². The first-order valence-electron chi connectivity index (χ1n) is 9.50. The van der Waals surface area contributed by atoms with Crippen molar-refractivity contribution in [1.82, 2.24) is 10.3 Å². The zero-order valence-electron chi connectivity index (χ0n) is 15.3. The van der Waals surface area contributed by atoms with Crippen LogP contribution < -0.4 is 10.6 Å². The molecule has 1 fully saturated rings. The first kappa shape index (κ1) is 17.9. The number of hydrogen-bond donors (Lipinski definition) is 4. The minimum Gasteiger partial charge on any atom is -0.390 e. The number of carbonyl (C=O) groups excluding carboxylic acids is 1. The van der Waals surface area contributed by atoms with Crippen LogP contribution in [0.15, 0.2) is 42.6 Å². The summed E-state index contributed by atoms with van der Waals surface area (Å²) in [5.41, 5.74) is 3.52. The van der Waals surface area contributed by atoms with Crippen LogP contribution in [0.3, 0.4) is 0 Å². The summed E-state index contributed by atoms with van der Waals surface area (Å²) < 4.78 is 0. The van der Waals surface area contributed by atoms with E-state index in [0.29, 0.717) is 17.8 Å². The number of aliphatic hydroxyl groups excluding tert-OH is 2. The van der Waals surface area contributed by atoms with Crippen LogP contribution >= 0.6 is 0 Å². The third-order valence-corrected chi connectivity index (χ3v) is 5.75. The summed E-state index contributed by atoms with van der Waals surface area (Å²) in [7, 11) is 0. The van der Waals surface area contributed by atoms with E-state index >= 15 is 0 Å². The fraction of sp³-hybridized carbons (Fsp3) is 0.429. The predicted molar refractivity (Wildman–Crippen MR) is 102 cm³/mol. The summed E-state index contributed by atoms with van der Waals surface area (Å²) >= 11 is 0. The van der Waals surface area contributed by atoms with Crippen LogP contribution in [0.2, 0.25) is 0 Å². The molecule has 4 N–H and O–H groups in total. The number of nitrogens with zero attached hydrogens (tertiary/aromatic N) is 1. The van der Waals surface area contributed by atoms with E-state index in [-0.39, 0.29) is 23.9 Å². The molecule has 27 heavy (non-hydrogen) atoms. The molecule has 4 rings (SSSR count). The minimum atomic E-state index is -0.819. The Morgan fingerprint density at radius 2 is 2.00 bits per heavy atom. The number of anilines is 1. The number of amides is 1. The second kappa shape index (κ2) is 7.29. The van der Waals surface area contributed by atoms with E-state index in [2.05, 4.69) is 27.8 Å². The fourth-order valence-electron chi connectivity index (χ4n) is 4.20. The van der Waals surface area contributed by atoms with Crippen molar-refractivity contribution in [2.45, 2.75) is 50.5 Å². The molecule has 0 bridgehead atoms. The Labute approximate surface area is 158 Å². The van der Waals surface area contributed by atoms with Gasteiger partial charge in [0.1, 0.15) is 11.8 Å². The molecule has 2 aromatic rings. The molecule has 0 aliphatic heterocycles. The monoisotopic (exact) mass is 367 g/mol. The van der Waals surface area contributed by atoms with Gasteiger partial charge < -0.3 is 20.8 Å². The standard InChI is InChI=1S/C21H25N3O3/c1-12-10-17(20(26)19(12)25)23-14-8-9-22-18(11-14)21(27)24-16-7-6-13-4-2-3-5-15(13)16/h2-5,8-9,11-12,16-17,19-20,25-26H,6-7,10H2,1H3,(H,22,23)(H,24,27)/t12-,16+,17-,19-,20+/m1/s1. The number of aryl methyl sites for hydroxylation is 1. The van der Waals surface area contributed by atoms with Crippen molar-refractivity contribution in [2.24, 2.45) is 5.92 Å². The first-order chi connectivity index (χ1) is 13.0. The Balaban J connectivity index is 1.44. The van der Waals surface area contributed by atoms with Crippen LogP contribution in [0.1, 0.15) is 47.4 Å². The first-order valence-corrected chi connectivity index (χ1v) is 9.50. The van der Waals surface area contributed by atoms with E-state index < -0.39 is 12.2 Å². The van der Waals surface area contributed by atoms with Gasteiger partial charge in [0.2, 0.25) is 0 Å². The van der Waals surface area contributed by atoms with Crippen LogP contribution in [-0.4, -0.2) is 39.4 Å². The molecule has 142 valence electrons. The number of aliphatic hydroxyl groups is 2. The van der Waals surface area contributed by atoms with Gasteiger partial charge in [-0.25, -0.2) is 0 Å². The van der Waals surface area contributed by atoms with Crippen molar-refractivity contribution in [3.63, 3.8) is 0 Å². The highest BCUT2D eigenvalue weighted by Crippen LogP contribution is 2.31. The lowest BCUT2D eigenvalue weighted by atomic mass is 10.1. The van der Waals surface area contributed by atoms with Crippen LogP contribution in [0.25, 0.3) is 0 Å². The predicted octanol–water partition coefficient (Wildman–Crippen LogP) is 2.04. The fourth-order valence-corrected chi connectivity index (χ4v) is 4.20. The van der Waals surface area contributed by atoms with E-state index in [1.54, 1.807) is 18.3 Å². The van der Waals surface area contributed by atoms with Crippen molar-refractivity contribution in [1.29, 1.82) is 0 Å². The van der Waals surface area contributed by atoms with Gasteiger partial charge in [0.25, 0.3) is 5.91 Å². The normalized spacial score (nSPS) is 29.4. The van der Waals surface area contributed by atoms with Crippen LogP contribution in [-0.2, 0) is 6.42 Å². The van der Waals surface area contributed by atoms with Crippen molar-refractivity contribution < 1.29 is 15.0 Å². The van der Waals surface area contributed by atoms with Gasteiger partial charge in [-0.2, -0.15) is 0 Å². The summed E-state index contributed by atoms with van der Waals surface area (Å²) in [5.74, 6) is -0.176. The largest absolute Gasteiger partial charge is 0.390 e. The van der Waals surface area contributed by atoms with Gasteiger partial charge in [-0.3, -0.25) is 9.78 Å². The minimum absolute atomic E-state index is 0.0137. The molecular formula is C21H25N3O3. The lowest BCUT2D eigenvalue weighted by molar-refractivity contribution is 0.0211. The molecule has 0 saturated heterocycles. The van der Waals surface area contributed by atoms with Crippen molar-refractivity contribution in [2.75, 3.05) is 5.32 Å². The summed E-state index contributed by atoms with van der Waals surface area (Å²) in [6.45, 7) is 1.92. The summed E-state index contributed by atoms with van der Waals surface area (Å²) in [5, 5.41) is 26.4. The van der Waals surface area contributed by atoms with E-state index in [1.165, 1.54) is 11.1 Å². The number of benzene rings is 1. The Hall–Kier alpha value is -2.44. The maximum Gasteiger partial charge on any atom is 0.270 e. The maximum atomic E-state index is 12.7. The Morgan fingerprint density at radius 1 is 1.19 bits per heavy atom. The zero-order chi connectivity index (χ0) is 19.0. The topological polar surface area (TPSA) is 94.5 Å². The number of nitrogens with one attached hydrogen (secondary N) is 2. The molecule has 0 spiro atoms. The average Bonchev–Trinajstić information content (AvgIpc) is 3.19. The molecule has 1 saturated carbocycles. The molecule has 6 heteroatoms. The molecule has 1 aromatic carbocycles. The van der Waals surface area contributed by atoms with Crippen LogP contribution in [0, 0.1) is 5.92 Å². The molecule has 5 atom stereocenters. The maximum absolute atomic E-state index is 12.7. The Kier molecular flexibility index (Phi) is 4.85. The van der Waals surface area contributed by atoms with Gasteiger partial charge >= 0.3 is 0 Å². The van der Waals surface area contributed by atoms with Gasteiger partial charge in [-0.15, -0.1) is 0 Å². The smallest absolute Gasteiger partial charge is 0.270 e. The number of carbonyl (C=O) groups is 1. The third kappa shape index (κ3) is 3.55. The van der Waals surface area contributed by atoms with Crippen molar-refractivity contribution in [3.8, 4) is 0 Å². The van der Waals surface area contributed by atoms with Crippen molar-refractivity contribution >= 4 is 11.6 Å². The van der Waals surface area contributed by atoms with Gasteiger partial charge in [0, 0.05) is 11.9 Å². The molecular weight excluding hydrogens is 342 g/mol. The molecule has 0 radical (unpaired) electrons. The van der Waals surface area contributed by atoms with Crippen LogP contribution in [0.4, 0.5) is 5.69 Å². The van der Waals surface area contributed by atoms with E-state index in [4.69, 9.17) is 0 Å². The second-order valence-electron chi connectivity index (χ2n) is 7.64. The average molecular weight is 367 g/mol. The van der Waals surface area contributed by atoms with Gasteiger partial charge in [-0.05, 0) is 48.4 Å². The highest BCUT2D eigenvalue weighted by molar-refractivity contribution is 5.93. The third-order valence-electron chi connectivity index (χ3n) is 5.75. The van der Waals surface area contributed by atoms with Crippen molar-refractivity contribution in [3.05, 3.63) is 59.4 Å². The van der Waals surface area contributed by atoms with Gasteiger partial charge in [0.15, 0.2) is 0 Å². The summed E-state index contributed by atoms with van der Waals surface area (Å²) in [4.78, 5) is 16.9. The molecule has 2 aliphatic carbocycles. The second-order valence-corrected chi connectivity index (χ2v) is 7.64. The highest BCUT2D eigenvalue weighted by Gasteiger charge is 2.38. The van der Waals surface area contributed by atoms with E-state index in [9.17, 15) is 15.0 Å². The highest BCUT2D eigenvalue weighted by atomic mass is 16.3. The number of pyridine rings is 1.